The minimum absolute atomic E-state index is 0.00565. The van der Waals surface area contributed by atoms with Gasteiger partial charge in [0.2, 0.25) is 0 Å². The summed E-state index contributed by atoms with van der Waals surface area (Å²) in [6.07, 6.45) is 1.33. The normalized spacial score (nSPS) is 11.4. The van der Waals surface area contributed by atoms with E-state index in [1.807, 2.05) is 39.3 Å². The van der Waals surface area contributed by atoms with E-state index in [9.17, 15) is 14.7 Å². The number of hydrogen-bond acceptors (Lipinski definition) is 9. The Bertz CT molecular complexity index is 1660. The number of nitrogens with zero attached hydrogens (tertiary/aromatic N) is 6. The molecule has 2 aromatic heterocycles. The summed E-state index contributed by atoms with van der Waals surface area (Å²) in [5.74, 6) is 0.897. The number of aryl methyl sites for hydroxylation is 1. The number of phenols is 1. The van der Waals surface area contributed by atoms with E-state index < -0.39 is 11.7 Å². The van der Waals surface area contributed by atoms with Crippen molar-refractivity contribution in [3.8, 4) is 28.6 Å². The topological polar surface area (TPSA) is 132 Å². The van der Waals surface area contributed by atoms with Gasteiger partial charge in [-0.1, -0.05) is 0 Å². The van der Waals surface area contributed by atoms with Gasteiger partial charge < -0.3 is 29.1 Å². The maximum absolute atomic E-state index is 13.8. The van der Waals surface area contributed by atoms with Crippen LogP contribution in [-0.4, -0.2) is 86.6 Å². The van der Waals surface area contributed by atoms with Crippen molar-refractivity contribution in [1.82, 2.24) is 29.5 Å². The Morgan fingerprint density at radius 2 is 1.77 bits per heavy atom. The van der Waals surface area contributed by atoms with Gasteiger partial charge in [0.1, 0.15) is 23.7 Å². The first kappa shape index (κ1) is 32.1. The van der Waals surface area contributed by atoms with Gasteiger partial charge in [-0.05, 0) is 71.0 Å². The molecular weight excluding hydrogens is 564 g/mol. The molecule has 2 amide bonds. The van der Waals surface area contributed by atoms with Crippen molar-refractivity contribution >= 4 is 22.9 Å². The Kier molecular flexibility index (Phi) is 9.61. The molecule has 0 aliphatic rings. The summed E-state index contributed by atoms with van der Waals surface area (Å²) in [6, 6.07) is 9.90. The van der Waals surface area contributed by atoms with E-state index in [1.165, 1.54) is 24.1 Å². The number of likely N-dealkylation sites (N-methyl/N-ethyl adjacent to an activating group) is 1. The zero-order valence-corrected chi connectivity index (χ0v) is 26.5. The monoisotopic (exact) mass is 604 g/mol. The molecule has 0 atom stereocenters. The van der Waals surface area contributed by atoms with Crippen LogP contribution in [0.2, 0.25) is 0 Å². The van der Waals surface area contributed by atoms with Crippen molar-refractivity contribution in [2.24, 2.45) is 0 Å². The third kappa shape index (κ3) is 7.36. The molecule has 2 heterocycles. The minimum Gasteiger partial charge on any atom is -0.508 e. The van der Waals surface area contributed by atoms with Gasteiger partial charge in [0.25, 0.3) is 5.91 Å². The lowest BCUT2D eigenvalue weighted by Gasteiger charge is -2.24. The summed E-state index contributed by atoms with van der Waals surface area (Å²) in [5, 5.41) is 15.0. The number of aromatic nitrogens is 4. The van der Waals surface area contributed by atoms with Crippen molar-refractivity contribution in [2.45, 2.75) is 53.3 Å². The van der Waals surface area contributed by atoms with Crippen LogP contribution in [0.4, 0.5) is 4.79 Å². The van der Waals surface area contributed by atoms with Gasteiger partial charge in [-0.25, -0.2) is 14.8 Å². The quantitative estimate of drug-likeness (QED) is 0.264. The fourth-order valence-corrected chi connectivity index (χ4v) is 4.53. The Labute approximate surface area is 257 Å². The first-order chi connectivity index (χ1) is 20.8. The number of carbonyl (C=O) groups is 2. The number of rotatable bonds is 10. The molecular formula is C32H40N6O6. The van der Waals surface area contributed by atoms with Crippen LogP contribution < -0.4 is 9.47 Å². The summed E-state index contributed by atoms with van der Waals surface area (Å²) < 4.78 is 18.8. The molecule has 0 fully saturated rings. The lowest BCUT2D eigenvalue weighted by molar-refractivity contribution is 0.0277. The number of amides is 2. The first-order valence-electron chi connectivity index (χ1n) is 14.3. The van der Waals surface area contributed by atoms with Crippen molar-refractivity contribution < 1.29 is 28.9 Å². The molecule has 2 aromatic carbocycles. The number of fused-ring (bicyclic) bond motifs is 1. The summed E-state index contributed by atoms with van der Waals surface area (Å²) in [6.45, 7) is 11.0. The Hall–Kier alpha value is -4.87. The molecule has 234 valence electrons. The van der Waals surface area contributed by atoms with Crippen LogP contribution in [0.5, 0.6) is 17.2 Å². The van der Waals surface area contributed by atoms with Crippen LogP contribution >= 0.6 is 0 Å². The average Bonchev–Trinajstić information content (AvgIpc) is 3.33. The third-order valence-electron chi connectivity index (χ3n) is 6.95. The zero-order chi connectivity index (χ0) is 32.2. The average molecular weight is 605 g/mol. The van der Waals surface area contributed by atoms with Crippen LogP contribution in [-0.2, 0) is 17.8 Å². The molecule has 0 radical (unpaired) electrons. The van der Waals surface area contributed by atoms with E-state index in [-0.39, 0.29) is 24.0 Å². The number of benzene rings is 2. The van der Waals surface area contributed by atoms with E-state index in [1.54, 1.807) is 49.5 Å². The van der Waals surface area contributed by atoms with E-state index in [0.717, 1.165) is 17.8 Å². The largest absolute Gasteiger partial charge is 0.508 e. The highest BCUT2D eigenvalue weighted by atomic mass is 16.6. The number of methoxy groups -OCH3 is 1. The van der Waals surface area contributed by atoms with Crippen LogP contribution in [0.25, 0.3) is 22.3 Å². The third-order valence-corrected chi connectivity index (χ3v) is 6.95. The second-order valence-electron chi connectivity index (χ2n) is 11.4. The van der Waals surface area contributed by atoms with Crippen LogP contribution in [0.3, 0.4) is 0 Å². The molecule has 4 aromatic rings. The fourth-order valence-electron chi connectivity index (χ4n) is 4.53. The molecule has 4 rings (SSSR count). The second-order valence-corrected chi connectivity index (χ2v) is 11.4. The summed E-state index contributed by atoms with van der Waals surface area (Å²) in [7, 11) is 4.87. The number of phenolic OH excluding ortho intramolecular Hbond substituents is 1. The predicted octanol–water partition coefficient (Wildman–Crippen LogP) is 5.05. The molecule has 12 nitrogen and oxygen atoms in total. The molecule has 0 saturated carbocycles. The highest BCUT2D eigenvalue weighted by Gasteiger charge is 2.23. The number of carbonyl (C=O) groups excluding carboxylic acids is 2. The molecule has 0 spiro atoms. The first-order valence-corrected chi connectivity index (χ1v) is 14.3. The Morgan fingerprint density at radius 1 is 1.02 bits per heavy atom. The van der Waals surface area contributed by atoms with Gasteiger partial charge in [-0.3, -0.25) is 9.48 Å². The lowest BCUT2D eigenvalue weighted by atomic mass is 10.1. The second kappa shape index (κ2) is 13.2. The van der Waals surface area contributed by atoms with Gasteiger partial charge in [0, 0.05) is 49.4 Å². The smallest absolute Gasteiger partial charge is 0.410 e. The van der Waals surface area contributed by atoms with Crippen LogP contribution in [0.1, 0.15) is 49.4 Å². The highest BCUT2D eigenvalue weighted by Crippen LogP contribution is 2.33. The fraction of sp³-hybridized carbons (Fsp3) is 0.406. The molecule has 0 unspecified atom stereocenters. The van der Waals surface area contributed by atoms with Gasteiger partial charge >= 0.3 is 6.09 Å². The SMILES string of the molecule is CCn1ncc(CN(C)C(=O)c2nc(-c3ccc(OCCN(C)C(=O)OC(C)(C)C)c(OC)c3)nc3ccc(O)cc23)c1C. The zero-order valence-electron chi connectivity index (χ0n) is 26.5. The van der Waals surface area contributed by atoms with Crippen LogP contribution in [0, 0.1) is 6.92 Å². The van der Waals surface area contributed by atoms with Crippen LogP contribution in [0.15, 0.2) is 42.6 Å². The van der Waals surface area contributed by atoms with E-state index >= 15 is 0 Å². The van der Waals surface area contributed by atoms with Crippen molar-refractivity contribution in [2.75, 3.05) is 34.4 Å². The molecule has 1 N–H and O–H groups in total. The van der Waals surface area contributed by atoms with Gasteiger partial charge in [-0.15, -0.1) is 0 Å². The van der Waals surface area contributed by atoms with Gasteiger partial charge in [0.05, 0.1) is 25.4 Å². The maximum Gasteiger partial charge on any atom is 0.410 e. The van der Waals surface area contributed by atoms with Crippen molar-refractivity contribution in [3.05, 3.63) is 59.5 Å². The Balaban J connectivity index is 1.59. The standard InChI is InChI=1S/C32H40N6O6/c1-9-38-20(2)22(18-33-38)19-37(7)30(40)28-24-17-23(39)11-12-25(24)34-29(35-28)21-10-13-26(27(16-21)42-8)43-15-14-36(6)31(41)44-32(3,4)5/h10-13,16-18,39H,9,14-15,19H2,1-8H3. The minimum atomic E-state index is -0.589. The maximum atomic E-state index is 13.8. The summed E-state index contributed by atoms with van der Waals surface area (Å²) in [4.78, 5) is 38.4. The lowest BCUT2D eigenvalue weighted by Crippen LogP contribution is -2.36. The summed E-state index contributed by atoms with van der Waals surface area (Å²) in [5.41, 5.74) is 2.60. The number of aromatic hydroxyl groups is 1. The van der Waals surface area contributed by atoms with Crippen molar-refractivity contribution in [3.63, 3.8) is 0 Å². The van der Waals surface area contributed by atoms with Crippen molar-refractivity contribution in [1.29, 1.82) is 0 Å². The number of ether oxygens (including phenoxy) is 3. The highest BCUT2D eigenvalue weighted by molar-refractivity contribution is 6.05. The molecule has 12 heteroatoms. The molecule has 0 aliphatic heterocycles. The summed E-state index contributed by atoms with van der Waals surface area (Å²) >= 11 is 0. The van der Waals surface area contributed by atoms with E-state index in [0.29, 0.717) is 46.9 Å². The Morgan fingerprint density at radius 3 is 2.43 bits per heavy atom. The molecule has 44 heavy (non-hydrogen) atoms. The molecule has 0 bridgehead atoms. The van der Waals surface area contributed by atoms with Gasteiger partial charge in [0.15, 0.2) is 17.3 Å². The predicted molar refractivity (Wildman–Crippen MR) is 166 cm³/mol. The van der Waals surface area contributed by atoms with Gasteiger partial charge in [-0.2, -0.15) is 5.10 Å². The number of hydrogen-bond donors (Lipinski definition) is 1. The molecule has 0 saturated heterocycles. The van der Waals surface area contributed by atoms with E-state index in [4.69, 9.17) is 14.2 Å². The van der Waals surface area contributed by atoms with E-state index in [2.05, 4.69) is 15.1 Å². The molecule has 0 aliphatic carbocycles.